The van der Waals surface area contributed by atoms with Crippen LogP contribution >= 0.6 is 0 Å². The van der Waals surface area contributed by atoms with E-state index in [1.165, 1.54) is 18.2 Å². The summed E-state index contributed by atoms with van der Waals surface area (Å²) in [5.41, 5.74) is 6.16. The first-order chi connectivity index (χ1) is 7.99. The molecule has 1 unspecified atom stereocenters. The molecule has 1 atom stereocenters. The van der Waals surface area contributed by atoms with Gasteiger partial charge in [0, 0.05) is 18.2 Å². The van der Waals surface area contributed by atoms with Gasteiger partial charge < -0.3 is 11.1 Å². The normalized spacial score (nSPS) is 12.5. The Labute approximate surface area is 101 Å². The van der Waals surface area contributed by atoms with Gasteiger partial charge in [-0.1, -0.05) is 19.9 Å². The standard InChI is InChI=1S/C13H19FN2O/c1-9(2)6-12(15)8-16-13(17)10-4-3-5-11(14)7-10/h3-5,7,9,12H,6,8,15H2,1-2H3,(H,16,17). The third kappa shape index (κ3) is 4.95. The average Bonchev–Trinajstić information content (AvgIpc) is 2.25. The van der Waals surface area contributed by atoms with Crippen LogP contribution in [0.5, 0.6) is 0 Å². The first-order valence-electron chi connectivity index (χ1n) is 5.78. The number of amides is 1. The molecule has 0 saturated heterocycles. The van der Waals surface area contributed by atoms with Gasteiger partial charge in [-0.3, -0.25) is 4.79 Å². The van der Waals surface area contributed by atoms with Gasteiger partial charge >= 0.3 is 0 Å². The molecule has 1 aromatic carbocycles. The van der Waals surface area contributed by atoms with Crippen LogP contribution in [0.25, 0.3) is 0 Å². The SMILES string of the molecule is CC(C)CC(N)CNC(=O)c1cccc(F)c1. The third-order valence-corrected chi connectivity index (χ3v) is 2.39. The Kier molecular flexibility index (Phi) is 5.10. The van der Waals surface area contributed by atoms with Gasteiger partial charge in [0.1, 0.15) is 5.82 Å². The fourth-order valence-electron chi connectivity index (χ4n) is 1.64. The average molecular weight is 238 g/mol. The maximum absolute atomic E-state index is 12.9. The first kappa shape index (κ1) is 13.6. The van der Waals surface area contributed by atoms with E-state index in [1.807, 2.05) is 0 Å². The van der Waals surface area contributed by atoms with Crippen molar-refractivity contribution in [2.45, 2.75) is 26.3 Å². The van der Waals surface area contributed by atoms with Gasteiger partial charge in [-0.2, -0.15) is 0 Å². The van der Waals surface area contributed by atoms with Crippen molar-refractivity contribution in [3.63, 3.8) is 0 Å². The lowest BCUT2D eigenvalue weighted by atomic mass is 10.0. The van der Waals surface area contributed by atoms with Crippen molar-refractivity contribution in [3.05, 3.63) is 35.6 Å². The molecule has 94 valence electrons. The molecule has 0 radical (unpaired) electrons. The van der Waals surface area contributed by atoms with Crippen LogP contribution in [0, 0.1) is 11.7 Å². The Balaban J connectivity index is 2.45. The molecule has 0 heterocycles. The van der Waals surface area contributed by atoms with E-state index in [4.69, 9.17) is 5.73 Å². The molecule has 1 amide bonds. The minimum Gasteiger partial charge on any atom is -0.350 e. The molecule has 0 aliphatic rings. The number of carbonyl (C=O) groups is 1. The van der Waals surface area contributed by atoms with Crippen LogP contribution in [0.4, 0.5) is 4.39 Å². The Bertz CT molecular complexity index is 379. The molecule has 4 heteroatoms. The molecule has 0 bridgehead atoms. The summed E-state index contributed by atoms with van der Waals surface area (Å²) >= 11 is 0. The number of benzene rings is 1. The van der Waals surface area contributed by atoms with E-state index >= 15 is 0 Å². The minimum atomic E-state index is -0.413. The number of nitrogens with two attached hydrogens (primary N) is 1. The molecule has 17 heavy (non-hydrogen) atoms. The van der Waals surface area contributed by atoms with Crippen LogP contribution in [0.1, 0.15) is 30.6 Å². The van der Waals surface area contributed by atoms with Crippen molar-refractivity contribution in [1.29, 1.82) is 0 Å². The maximum Gasteiger partial charge on any atom is 0.251 e. The van der Waals surface area contributed by atoms with Crippen molar-refractivity contribution < 1.29 is 9.18 Å². The second-order valence-electron chi connectivity index (χ2n) is 4.61. The highest BCUT2D eigenvalue weighted by molar-refractivity contribution is 5.94. The van der Waals surface area contributed by atoms with Crippen molar-refractivity contribution in [2.75, 3.05) is 6.54 Å². The number of hydrogen-bond donors (Lipinski definition) is 2. The fourth-order valence-corrected chi connectivity index (χ4v) is 1.64. The lowest BCUT2D eigenvalue weighted by Crippen LogP contribution is -2.38. The summed E-state index contributed by atoms with van der Waals surface area (Å²) in [5.74, 6) is -0.205. The summed E-state index contributed by atoms with van der Waals surface area (Å²) in [4.78, 5) is 11.7. The summed E-state index contributed by atoms with van der Waals surface area (Å²) in [6.07, 6.45) is 0.851. The summed E-state index contributed by atoms with van der Waals surface area (Å²) in [5, 5.41) is 2.70. The zero-order valence-electron chi connectivity index (χ0n) is 10.2. The topological polar surface area (TPSA) is 55.1 Å². The second-order valence-corrected chi connectivity index (χ2v) is 4.61. The maximum atomic E-state index is 12.9. The highest BCUT2D eigenvalue weighted by atomic mass is 19.1. The molecular weight excluding hydrogens is 219 g/mol. The second kappa shape index (κ2) is 6.35. The largest absolute Gasteiger partial charge is 0.350 e. The molecule has 0 aromatic heterocycles. The predicted octanol–water partition coefficient (Wildman–Crippen LogP) is 1.93. The van der Waals surface area contributed by atoms with Crippen LogP contribution in [0.2, 0.25) is 0 Å². The molecular formula is C13H19FN2O. The molecule has 0 aliphatic heterocycles. The molecule has 1 rings (SSSR count). The van der Waals surface area contributed by atoms with Crippen molar-refractivity contribution >= 4 is 5.91 Å². The monoisotopic (exact) mass is 238 g/mol. The van der Waals surface area contributed by atoms with E-state index in [-0.39, 0.29) is 11.9 Å². The van der Waals surface area contributed by atoms with E-state index in [0.29, 0.717) is 18.0 Å². The minimum absolute atomic E-state index is 0.0625. The third-order valence-electron chi connectivity index (χ3n) is 2.39. The van der Waals surface area contributed by atoms with E-state index < -0.39 is 5.82 Å². The lowest BCUT2D eigenvalue weighted by molar-refractivity contribution is 0.0949. The fraction of sp³-hybridized carbons (Fsp3) is 0.462. The highest BCUT2D eigenvalue weighted by Crippen LogP contribution is 2.04. The number of carbonyl (C=O) groups excluding carboxylic acids is 1. The van der Waals surface area contributed by atoms with E-state index in [2.05, 4.69) is 19.2 Å². The van der Waals surface area contributed by atoms with Gasteiger partial charge in [0.2, 0.25) is 0 Å². The lowest BCUT2D eigenvalue weighted by Gasteiger charge is -2.14. The first-order valence-corrected chi connectivity index (χ1v) is 5.78. The van der Waals surface area contributed by atoms with Crippen LogP contribution in [0.3, 0.4) is 0 Å². The number of halogens is 1. The molecule has 3 N–H and O–H groups in total. The zero-order valence-corrected chi connectivity index (χ0v) is 10.2. The Hall–Kier alpha value is -1.42. The Morgan fingerprint density at radius 3 is 2.76 bits per heavy atom. The summed E-state index contributed by atoms with van der Waals surface area (Å²) in [7, 11) is 0. The molecule has 0 fully saturated rings. The van der Waals surface area contributed by atoms with Crippen LogP contribution in [-0.4, -0.2) is 18.5 Å². The van der Waals surface area contributed by atoms with E-state index in [9.17, 15) is 9.18 Å². The number of hydrogen-bond acceptors (Lipinski definition) is 2. The van der Waals surface area contributed by atoms with Crippen LogP contribution in [0.15, 0.2) is 24.3 Å². The van der Waals surface area contributed by atoms with Crippen molar-refractivity contribution in [3.8, 4) is 0 Å². The molecule has 0 saturated carbocycles. The van der Waals surface area contributed by atoms with Crippen molar-refractivity contribution in [1.82, 2.24) is 5.32 Å². The smallest absolute Gasteiger partial charge is 0.251 e. The molecule has 1 aromatic rings. The van der Waals surface area contributed by atoms with Crippen LogP contribution in [-0.2, 0) is 0 Å². The molecule has 0 aliphatic carbocycles. The van der Waals surface area contributed by atoms with Gasteiger partial charge in [0.15, 0.2) is 0 Å². The predicted molar refractivity (Wildman–Crippen MR) is 66.2 cm³/mol. The van der Waals surface area contributed by atoms with Gasteiger partial charge in [0.05, 0.1) is 0 Å². The van der Waals surface area contributed by atoms with E-state index in [1.54, 1.807) is 6.07 Å². The van der Waals surface area contributed by atoms with Crippen molar-refractivity contribution in [2.24, 2.45) is 11.7 Å². The Morgan fingerprint density at radius 2 is 2.18 bits per heavy atom. The van der Waals surface area contributed by atoms with E-state index in [0.717, 1.165) is 6.42 Å². The van der Waals surface area contributed by atoms with Gasteiger partial charge in [0.25, 0.3) is 5.91 Å². The molecule has 0 spiro atoms. The van der Waals surface area contributed by atoms with Gasteiger partial charge in [-0.25, -0.2) is 4.39 Å². The summed E-state index contributed by atoms with van der Waals surface area (Å²) in [6.45, 7) is 4.57. The zero-order chi connectivity index (χ0) is 12.8. The van der Waals surface area contributed by atoms with Gasteiger partial charge in [-0.15, -0.1) is 0 Å². The van der Waals surface area contributed by atoms with Crippen LogP contribution < -0.4 is 11.1 Å². The quantitative estimate of drug-likeness (QED) is 0.823. The Morgan fingerprint density at radius 1 is 1.47 bits per heavy atom. The summed E-state index contributed by atoms with van der Waals surface area (Å²) in [6, 6.07) is 5.54. The van der Waals surface area contributed by atoms with Gasteiger partial charge in [-0.05, 0) is 30.5 Å². The summed E-state index contributed by atoms with van der Waals surface area (Å²) < 4.78 is 12.9. The number of rotatable bonds is 5. The number of nitrogens with one attached hydrogen (secondary N) is 1. The highest BCUT2D eigenvalue weighted by Gasteiger charge is 2.09. The molecule has 3 nitrogen and oxygen atoms in total.